The molecule has 0 aromatic heterocycles. The zero-order chi connectivity index (χ0) is 16.2. The van der Waals surface area contributed by atoms with Crippen LogP contribution in [0.3, 0.4) is 0 Å². The average molecular weight is 350 g/mol. The van der Waals surface area contributed by atoms with E-state index in [2.05, 4.69) is 0 Å². The summed E-state index contributed by atoms with van der Waals surface area (Å²) >= 11 is 7.68. The molecule has 1 aliphatic rings. The van der Waals surface area contributed by atoms with Gasteiger partial charge in [0, 0.05) is 40.2 Å². The van der Waals surface area contributed by atoms with Gasteiger partial charge in [-0.05, 0) is 30.7 Å². The summed E-state index contributed by atoms with van der Waals surface area (Å²) in [5.74, 6) is 0.618. The summed E-state index contributed by atoms with van der Waals surface area (Å²) in [7, 11) is 0. The van der Waals surface area contributed by atoms with Gasteiger partial charge in [0.05, 0.1) is 0 Å². The van der Waals surface area contributed by atoms with Crippen LogP contribution in [0.5, 0.6) is 0 Å². The predicted molar refractivity (Wildman–Crippen MR) is 93.6 cm³/mol. The fraction of sp³-hybridized carbons (Fsp3) is 0.278. The third-order valence-electron chi connectivity index (χ3n) is 3.95. The van der Waals surface area contributed by atoms with Gasteiger partial charge in [0.25, 0.3) is 5.91 Å². The lowest BCUT2D eigenvalue weighted by atomic mass is 10.1. The Morgan fingerprint density at radius 3 is 2.78 bits per heavy atom. The fourth-order valence-electron chi connectivity index (χ4n) is 2.76. The summed E-state index contributed by atoms with van der Waals surface area (Å²) in [6.45, 7) is 1.29. The van der Waals surface area contributed by atoms with Crippen LogP contribution in [0.2, 0.25) is 5.02 Å². The Kier molecular flexibility index (Phi) is 5.23. The summed E-state index contributed by atoms with van der Waals surface area (Å²) in [4.78, 5) is 14.4. The lowest BCUT2D eigenvalue weighted by Gasteiger charge is -2.20. The molecule has 0 aliphatic carbocycles. The summed E-state index contributed by atoms with van der Waals surface area (Å²) in [6, 6.07) is 13.9. The molecule has 1 saturated heterocycles. The molecule has 0 spiro atoms. The molecule has 3 rings (SSSR count). The van der Waals surface area contributed by atoms with Crippen LogP contribution < -0.4 is 0 Å². The maximum atomic E-state index is 14.0. The van der Waals surface area contributed by atoms with E-state index >= 15 is 0 Å². The zero-order valence-corrected chi connectivity index (χ0v) is 14.1. The molecule has 1 fully saturated rings. The Bertz CT molecular complexity index is 709. The molecule has 2 aromatic carbocycles. The van der Waals surface area contributed by atoms with Gasteiger partial charge in [-0.2, -0.15) is 11.8 Å². The van der Waals surface area contributed by atoms with Crippen LogP contribution in [-0.2, 0) is 0 Å². The van der Waals surface area contributed by atoms with E-state index in [1.165, 1.54) is 6.07 Å². The highest BCUT2D eigenvalue weighted by atomic mass is 35.5. The van der Waals surface area contributed by atoms with Gasteiger partial charge < -0.3 is 4.90 Å². The molecule has 0 bridgehead atoms. The van der Waals surface area contributed by atoms with Gasteiger partial charge in [-0.25, -0.2) is 4.39 Å². The summed E-state index contributed by atoms with van der Waals surface area (Å²) in [5.41, 5.74) is 1.33. The van der Waals surface area contributed by atoms with Crippen molar-refractivity contribution in [1.82, 2.24) is 4.90 Å². The maximum Gasteiger partial charge on any atom is 0.253 e. The van der Waals surface area contributed by atoms with E-state index in [1.807, 2.05) is 17.0 Å². The molecule has 0 unspecified atom stereocenters. The smallest absolute Gasteiger partial charge is 0.253 e. The monoisotopic (exact) mass is 349 g/mol. The molecule has 120 valence electrons. The Hall–Kier alpha value is -1.52. The standard InChI is InChI=1S/C18H17ClFNOS/c19-14-5-3-4-13(12-14)18(22)21-9-8-17(23-11-10-21)15-6-1-2-7-16(15)20/h1-7,12,17H,8-11H2/t17-/m1/s1. The van der Waals surface area contributed by atoms with Crippen LogP contribution in [-0.4, -0.2) is 29.6 Å². The average Bonchev–Trinajstić information content (AvgIpc) is 2.80. The van der Waals surface area contributed by atoms with E-state index in [9.17, 15) is 9.18 Å². The number of carbonyl (C=O) groups is 1. The predicted octanol–water partition coefficient (Wildman–Crippen LogP) is 4.80. The zero-order valence-electron chi connectivity index (χ0n) is 12.5. The van der Waals surface area contributed by atoms with Crippen molar-refractivity contribution in [1.29, 1.82) is 0 Å². The molecule has 1 heterocycles. The van der Waals surface area contributed by atoms with E-state index in [-0.39, 0.29) is 17.0 Å². The molecule has 2 nitrogen and oxygen atoms in total. The number of hydrogen-bond acceptors (Lipinski definition) is 2. The Morgan fingerprint density at radius 1 is 1.17 bits per heavy atom. The third-order valence-corrected chi connectivity index (χ3v) is 5.50. The number of halogens is 2. The Morgan fingerprint density at radius 2 is 2.00 bits per heavy atom. The highest BCUT2D eigenvalue weighted by Gasteiger charge is 2.24. The molecule has 0 saturated carbocycles. The summed E-state index contributed by atoms with van der Waals surface area (Å²) < 4.78 is 14.0. The highest BCUT2D eigenvalue weighted by Crippen LogP contribution is 2.35. The Balaban J connectivity index is 1.71. The van der Waals surface area contributed by atoms with Crippen LogP contribution in [0.25, 0.3) is 0 Å². The molecule has 1 amide bonds. The van der Waals surface area contributed by atoms with Crippen molar-refractivity contribution in [3.63, 3.8) is 0 Å². The van der Waals surface area contributed by atoms with Crippen molar-refractivity contribution in [2.75, 3.05) is 18.8 Å². The van der Waals surface area contributed by atoms with Gasteiger partial charge in [0.1, 0.15) is 5.82 Å². The van der Waals surface area contributed by atoms with Crippen LogP contribution in [0.15, 0.2) is 48.5 Å². The van der Waals surface area contributed by atoms with Crippen molar-refractivity contribution in [3.8, 4) is 0 Å². The minimum Gasteiger partial charge on any atom is -0.338 e. The van der Waals surface area contributed by atoms with E-state index in [0.29, 0.717) is 23.7 Å². The first-order valence-corrected chi connectivity index (χ1v) is 8.98. The number of thioether (sulfide) groups is 1. The fourth-order valence-corrected chi connectivity index (χ4v) is 4.21. The molecule has 23 heavy (non-hydrogen) atoms. The molecular weight excluding hydrogens is 333 g/mol. The molecular formula is C18H17ClFNOS. The van der Waals surface area contributed by atoms with Crippen molar-refractivity contribution in [2.45, 2.75) is 11.7 Å². The molecule has 2 aromatic rings. The lowest BCUT2D eigenvalue weighted by Crippen LogP contribution is -2.32. The van der Waals surface area contributed by atoms with E-state index in [4.69, 9.17) is 11.6 Å². The number of benzene rings is 2. The van der Waals surface area contributed by atoms with Crippen LogP contribution in [0.1, 0.15) is 27.6 Å². The van der Waals surface area contributed by atoms with Crippen LogP contribution in [0.4, 0.5) is 4.39 Å². The summed E-state index contributed by atoms with van der Waals surface area (Å²) in [5, 5.41) is 0.651. The second-order valence-corrected chi connectivity index (χ2v) is 7.22. The molecule has 0 radical (unpaired) electrons. The van der Waals surface area contributed by atoms with Gasteiger partial charge in [-0.1, -0.05) is 35.9 Å². The van der Waals surface area contributed by atoms with Gasteiger partial charge in [0.15, 0.2) is 0 Å². The normalized spacial score (nSPS) is 18.5. The van der Waals surface area contributed by atoms with Crippen molar-refractivity contribution in [2.24, 2.45) is 0 Å². The first kappa shape index (κ1) is 16.3. The maximum absolute atomic E-state index is 14.0. The quantitative estimate of drug-likeness (QED) is 0.776. The second-order valence-electron chi connectivity index (χ2n) is 5.47. The Labute approximate surface area is 144 Å². The van der Waals surface area contributed by atoms with Crippen molar-refractivity contribution >= 4 is 29.3 Å². The number of amides is 1. The van der Waals surface area contributed by atoms with E-state index in [1.54, 1.807) is 42.1 Å². The largest absolute Gasteiger partial charge is 0.338 e. The highest BCUT2D eigenvalue weighted by molar-refractivity contribution is 7.99. The number of nitrogens with zero attached hydrogens (tertiary/aromatic N) is 1. The lowest BCUT2D eigenvalue weighted by molar-refractivity contribution is 0.0766. The first-order chi connectivity index (χ1) is 11.1. The van der Waals surface area contributed by atoms with Gasteiger partial charge in [0.2, 0.25) is 0 Å². The number of rotatable bonds is 2. The topological polar surface area (TPSA) is 20.3 Å². The minimum absolute atomic E-state index is 0.0118. The first-order valence-electron chi connectivity index (χ1n) is 7.56. The number of carbonyl (C=O) groups excluding carboxylic acids is 1. The van der Waals surface area contributed by atoms with Gasteiger partial charge in [-0.3, -0.25) is 4.79 Å². The van der Waals surface area contributed by atoms with Crippen LogP contribution in [0, 0.1) is 5.82 Å². The molecule has 5 heteroatoms. The van der Waals surface area contributed by atoms with Crippen LogP contribution >= 0.6 is 23.4 Å². The van der Waals surface area contributed by atoms with E-state index < -0.39 is 0 Å². The SMILES string of the molecule is O=C(c1cccc(Cl)c1)N1CCS[C@@H](c2ccccc2F)CC1. The van der Waals surface area contributed by atoms with Crippen molar-refractivity contribution < 1.29 is 9.18 Å². The molecule has 1 aliphatic heterocycles. The van der Waals surface area contributed by atoms with Gasteiger partial charge in [-0.15, -0.1) is 0 Å². The van der Waals surface area contributed by atoms with Crippen molar-refractivity contribution in [3.05, 3.63) is 70.5 Å². The van der Waals surface area contributed by atoms with Gasteiger partial charge >= 0.3 is 0 Å². The molecule has 0 N–H and O–H groups in total. The minimum atomic E-state index is -0.167. The third kappa shape index (κ3) is 3.88. The van der Waals surface area contributed by atoms with E-state index in [0.717, 1.165) is 17.7 Å². The molecule has 1 atom stereocenters. The number of hydrogen-bond donors (Lipinski definition) is 0. The second kappa shape index (κ2) is 7.37. The summed E-state index contributed by atoms with van der Waals surface area (Å²) in [6.07, 6.45) is 0.748.